The minimum atomic E-state index is -0.419. The predicted octanol–water partition coefficient (Wildman–Crippen LogP) is 5.30. The topological polar surface area (TPSA) is 63.5 Å². The van der Waals surface area contributed by atoms with Gasteiger partial charge in [-0.3, -0.25) is 14.9 Å². The number of carbonyl (C=O) groups excluding carboxylic acids is 1. The molecule has 1 saturated heterocycles. The summed E-state index contributed by atoms with van der Waals surface area (Å²) in [6, 6.07) is 14.0. The van der Waals surface area contributed by atoms with Gasteiger partial charge in [-0.25, -0.2) is 0 Å². The van der Waals surface area contributed by atoms with Crippen molar-refractivity contribution in [3.8, 4) is 0 Å². The molecular formula is C20H22N2O3S2. The minimum absolute atomic E-state index is 0.0343. The monoisotopic (exact) mass is 402 g/mol. The Morgan fingerprint density at radius 2 is 1.85 bits per heavy atom. The van der Waals surface area contributed by atoms with E-state index in [2.05, 4.69) is 0 Å². The van der Waals surface area contributed by atoms with Crippen LogP contribution in [0.1, 0.15) is 45.5 Å². The largest absolute Gasteiger partial charge is 0.335 e. The van der Waals surface area contributed by atoms with Crippen LogP contribution in [0.4, 0.5) is 5.69 Å². The Morgan fingerprint density at radius 3 is 2.48 bits per heavy atom. The van der Waals surface area contributed by atoms with E-state index in [0.717, 1.165) is 5.56 Å². The number of carbonyl (C=O) groups is 1. The third-order valence-corrected chi connectivity index (χ3v) is 7.74. The van der Waals surface area contributed by atoms with E-state index >= 15 is 0 Å². The van der Waals surface area contributed by atoms with Gasteiger partial charge in [0.05, 0.1) is 15.5 Å². The van der Waals surface area contributed by atoms with Gasteiger partial charge in [0.2, 0.25) is 0 Å². The van der Waals surface area contributed by atoms with Crippen molar-refractivity contribution in [3.05, 3.63) is 75.3 Å². The van der Waals surface area contributed by atoms with E-state index in [1.807, 2.05) is 60.8 Å². The van der Waals surface area contributed by atoms with Crippen LogP contribution >= 0.6 is 23.5 Å². The maximum atomic E-state index is 12.8. The molecule has 0 saturated carbocycles. The van der Waals surface area contributed by atoms with Crippen LogP contribution in [0.3, 0.4) is 0 Å². The quantitative estimate of drug-likeness (QED) is 0.502. The average molecular weight is 403 g/mol. The van der Waals surface area contributed by atoms with Crippen molar-refractivity contribution in [2.75, 3.05) is 18.6 Å². The Labute approximate surface area is 167 Å². The summed E-state index contributed by atoms with van der Waals surface area (Å²) in [6.07, 6.45) is 1.25. The normalized spacial score (nSPS) is 15.9. The summed E-state index contributed by atoms with van der Waals surface area (Å²) in [4.78, 5) is 25.0. The zero-order valence-corrected chi connectivity index (χ0v) is 17.0. The lowest BCUT2D eigenvalue weighted by atomic mass is 10.0. The van der Waals surface area contributed by atoms with E-state index in [9.17, 15) is 14.9 Å². The molecule has 1 amide bonds. The summed E-state index contributed by atoms with van der Waals surface area (Å²) in [7, 11) is 1.73. The standard InChI is InChI=1S/C20H22N2O3S2/c1-14(17-5-3-6-18(13-17)22(24)25)21(2)19(23)15-7-9-16(10-8-15)20-26-11-4-12-27-20/h3,5-10,13-14,20H,4,11-12H2,1-2H3/t14-/m0/s1. The van der Waals surface area contributed by atoms with Crippen LogP contribution in [-0.2, 0) is 0 Å². The molecule has 1 heterocycles. The molecule has 7 heteroatoms. The van der Waals surface area contributed by atoms with Gasteiger partial charge in [0, 0.05) is 24.7 Å². The van der Waals surface area contributed by atoms with Crippen molar-refractivity contribution < 1.29 is 9.72 Å². The van der Waals surface area contributed by atoms with Gasteiger partial charge in [-0.2, -0.15) is 0 Å². The maximum absolute atomic E-state index is 12.8. The van der Waals surface area contributed by atoms with Crippen molar-refractivity contribution in [3.63, 3.8) is 0 Å². The molecule has 1 fully saturated rings. The number of hydrogen-bond donors (Lipinski definition) is 0. The molecule has 1 atom stereocenters. The molecule has 1 aliphatic rings. The molecule has 0 unspecified atom stereocenters. The van der Waals surface area contributed by atoms with Crippen LogP contribution in [0.15, 0.2) is 48.5 Å². The van der Waals surface area contributed by atoms with Crippen LogP contribution in [0, 0.1) is 10.1 Å². The van der Waals surface area contributed by atoms with E-state index in [1.54, 1.807) is 18.0 Å². The number of hydrogen-bond acceptors (Lipinski definition) is 5. The molecule has 2 aromatic carbocycles. The first-order valence-electron chi connectivity index (χ1n) is 8.82. The summed E-state index contributed by atoms with van der Waals surface area (Å²) in [5.41, 5.74) is 2.65. The molecule has 142 valence electrons. The molecule has 0 aliphatic carbocycles. The fraction of sp³-hybridized carbons (Fsp3) is 0.350. The highest BCUT2D eigenvalue weighted by atomic mass is 32.2. The average Bonchev–Trinajstić information content (AvgIpc) is 2.73. The Morgan fingerprint density at radius 1 is 1.19 bits per heavy atom. The first-order chi connectivity index (χ1) is 13.0. The second-order valence-electron chi connectivity index (χ2n) is 6.49. The second-order valence-corrected chi connectivity index (χ2v) is 9.22. The van der Waals surface area contributed by atoms with Crippen molar-refractivity contribution in [2.45, 2.75) is 24.0 Å². The smallest absolute Gasteiger partial charge is 0.269 e. The lowest BCUT2D eigenvalue weighted by Gasteiger charge is -2.26. The van der Waals surface area contributed by atoms with Crippen molar-refractivity contribution in [1.82, 2.24) is 4.90 Å². The van der Waals surface area contributed by atoms with Gasteiger partial charge < -0.3 is 4.90 Å². The van der Waals surface area contributed by atoms with Crippen LogP contribution in [0.2, 0.25) is 0 Å². The van der Waals surface area contributed by atoms with Gasteiger partial charge in [-0.15, -0.1) is 23.5 Å². The summed E-state index contributed by atoms with van der Waals surface area (Å²) in [6.45, 7) is 1.88. The number of nitro groups is 1. The summed E-state index contributed by atoms with van der Waals surface area (Å²) in [5, 5.41) is 11.0. The number of thioether (sulfide) groups is 2. The molecule has 0 N–H and O–H groups in total. The van der Waals surface area contributed by atoms with E-state index in [1.165, 1.54) is 35.6 Å². The molecule has 0 spiro atoms. The van der Waals surface area contributed by atoms with Gasteiger partial charge in [-0.1, -0.05) is 24.3 Å². The fourth-order valence-corrected chi connectivity index (χ4v) is 5.86. The Hall–Kier alpha value is -1.99. The molecule has 3 rings (SSSR count). The zero-order valence-electron chi connectivity index (χ0n) is 15.3. The number of benzene rings is 2. The molecule has 1 aliphatic heterocycles. The van der Waals surface area contributed by atoms with Crippen molar-refractivity contribution in [2.24, 2.45) is 0 Å². The SMILES string of the molecule is C[C@@H](c1cccc([N+](=O)[O-])c1)N(C)C(=O)c1ccc(C2SCCCS2)cc1. The number of rotatable bonds is 5. The van der Waals surface area contributed by atoms with Gasteiger partial charge in [-0.05, 0) is 48.1 Å². The van der Waals surface area contributed by atoms with E-state index in [0.29, 0.717) is 10.1 Å². The lowest BCUT2D eigenvalue weighted by Crippen LogP contribution is -2.29. The minimum Gasteiger partial charge on any atom is -0.335 e. The molecule has 0 bridgehead atoms. The highest BCUT2D eigenvalue weighted by Gasteiger charge is 2.22. The van der Waals surface area contributed by atoms with Crippen LogP contribution in [0.5, 0.6) is 0 Å². The van der Waals surface area contributed by atoms with Gasteiger partial charge in [0.15, 0.2) is 0 Å². The number of non-ortho nitro benzene ring substituents is 1. The third-order valence-electron chi connectivity index (χ3n) is 4.72. The fourth-order valence-electron chi connectivity index (χ4n) is 2.96. The highest BCUT2D eigenvalue weighted by molar-refractivity contribution is 8.16. The number of amides is 1. The van der Waals surface area contributed by atoms with E-state index in [4.69, 9.17) is 0 Å². The molecule has 2 aromatic rings. The molecule has 5 nitrogen and oxygen atoms in total. The third kappa shape index (κ3) is 4.65. The first-order valence-corrected chi connectivity index (χ1v) is 10.9. The Balaban J connectivity index is 1.72. The number of nitrogens with zero attached hydrogens (tertiary/aromatic N) is 2. The molecule has 0 aromatic heterocycles. The van der Waals surface area contributed by atoms with Crippen LogP contribution < -0.4 is 0 Å². The Bertz CT molecular complexity index is 820. The Kier molecular flexibility index (Phi) is 6.44. The van der Waals surface area contributed by atoms with E-state index in [-0.39, 0.29) is 17.6 Å². The van der Waals surface area contributed by atoms with Crippen LogP contribution in [-0.4, -0.2) is 34.3 Å². The highest BCUT2D eigenvalue weighted by Crippen LogP contribution is 2.43. The zero-order chi connectivity index (χ0) is 19.4. The predicted molar refractivity (Wildman–Crippen MR) is 112 cm³/mol. The number of nitro benzene ring substituents is 1. The second kappa shape index (κ2) is 8.80. The van der Waals surface area contributed by atoms with Gasteiger partial charge in [0.1, 0.15) is 0 Å². The first kappa shape index (κ1) is 19.8. The lowest BCUT2D eigenvalue weighted by molar-refractivity contribution is -0.384. The summed E-state index contributed by atoms with van der Waals surface area (Å²) >= 11 is 3.91. The van der Waals surface area contributed by atoms with Crippen LogP contribution in [0.25, 0.3) is 0 Å². The summed E-state index contributed by atoms with van der Waals surface area (Å²) in [5.74, 6) is 2.27. The maximum Gasteiger partial charge on any atom is 0.269 e. The van der Waals surface area contributed by atoms with Gasteiger partial charge >= 0.3 is 0 Å². The van der Waals surface area contributed by atoms with E-state index < -0.39 is 4.92 Å². The summed E-state index contributed by atoms with van der Waals surface area (Å²) < 4.78 is 0.449. The molecule has 0 radical (unpaired) electrons. The molecular weight excluding hydrogens is 380 g/mol. The van der Waals surface area contributed by atoms with Gasteiger partial charge in [0.25, 0.3) is 11.6 Å². The van der Waals surface area contributed by atoms with Crippen molar-refractivity contribution >= 4 is 35.1 Å². The van der Waals surface area contributed by atoms with Crippen molar-refractivity contribution in [1.29, 1.82) is 0 Å². The molecule has 27 heavy (non-hydrogen) atoms.